The van der Waals surface area contributed by atoms with Crippen molar-refractivity contribution in [1.82, 2.24) is 14.5 Å². The Balaban J connectivity index is 1.65. The van der Waals surface area contributed by atoms with E-state index in [-0.39, 0.29) is 17.8 Å². The summed E-state index contributed by atoms with van der Waals surface area (Å²) in [7, 11) is 1.38. The van der Waals surface area contributed by atoms with Crippen molar-refractivity contribution in [3.8, 4) is 0 Å². The predicted octanol–water partition coefficient (Wildman–Crippen LogP) is 0.904. The number of hydrogen-bond donors (Lipinski definition) is 0. The second-order valence-electron chi connectivity index (χ2n) is 6.64. The summed E-state index contributed by atoms with van der Waals surface area (Å²) in [4.78, 5) is 27.0. The topological polar surface area (TPSA) is 73.1 Å². The van der Waals surface area contributed by atoms with Gasteiger partial charge in [0.25, 0.3) is 5.91 Å². The number of carbonyl (C=O) groups is 2. The number of nitrogens with zero attached hydrogens (tertiary/aromatic N) is 3. The summed E-state index contributed by atoms with van der Waals surface area (Å²) in [5, 5.41) is 4.27. The van der Waals surface area contributed by atoms with Gasteiger partial charge in [0.1, 0.15) is 5.41 Å². The largest absolute Gasteiger partial charge is 0.468 e. The minimum atomic E-state index is -0.732. The smallest absolute Gasteiger partial charge is 0.316 e. The quantitative estimate of drug-likeness (QED) is 0.766. The van der Waals surface area contributed by atoms with E-state index < -0.39 is 5.41 Å². The molecule has 126 valence electrons. The lowest BCUT2D eigenvalue weighted by molar-refractivity contribution is -0.153. The number of rotatable bonds is 2. The molecule has 2 aliphatic rings. The highest BCUT2D eigenvalue weighted by Crippen LogP contribution is 2.42. The summed E-state index contributed by atoms with van der Waals surface area (Å²) in [6.07, 6.45) is 3.47. The molecule has 0 saturated carbocycles. The van der Waals surface area contributed by atoms with Gasteiger partial charge in [-0.2, -0.15) is 5.10 Å². The van der Waals surface area contributed by atoms with Gasteiger partial charge in [0.15, 0.2) is 0 Å². The van der Waals surface area contributed by atoms with Crippen molar-refractivity contribution in [2.45, 2.75) is 6.92 Å². The molecule has 0 aromatic carbocycles. The van der Waals surface area contributed by atoms with E-state index in [0.717, 1.165) is 11.1 Å². The van der Waals surface area contributed by atoms with Crippen LogP contribution in [0.4, 0.5) is 0 Å². The Morgan fingerprint density at radius 2 is 2.25 bits per heavy atom. The van der Waals surface area contributed by atoms with Crippen molar-refractivity contribution in [3.05, 3.63) is 35.7 Å². The van der Waals surface area contributed by atoms with Crippen LogP contribution in [0.25, 0.3) is 5.52 Å². The Morgan fingerprint density at radius 3 is 3.04 bits per heavy atom. The van der Waals surface area contributed by atoms with Gasteiger partial charge in [0, 0.05) is 25.2 Å². The third kappa shape index (κ3) is 2.04. The molecule has 2 aliphatic heterocycles. The average Bonchev–Trinajstić information content (AvgIpc) is 3.24. The first kappa shape index (κ1) is 15.1. The SMILES string of the molecule is COC(=O)[C@@]12COC[C@@H]1CN(C(=O)c1cnn3cc(C)ccc13)C2. The van der Waals surface area contributed by atoms with Crippen LogP contribution in [-0.2, 0) is 14.3 Å². The van der Waals surface area contributed by atoms with Crippen molar-refractivity contribution in [2.75, 3.05) is 33.4 Å². The highest BCUT2D eigenvalue weighted by Gasteiger charge is 2.57. The lowest BCUT2D eigenvalue weighted by atomic mass is 9.81. The molecule has 0 spiro atoms. The first-order chi connectivity index (χ1) is 11.5. The lowest BCUT2D eigenvalue weighted by Gasteiger charge is -2.23. The average molecular weight is 329 g/mol. The number of amides is 1. The molecule has 0 N–H and O–H groups in total. The van der Waals surface area contributed by atoms with Crippen LogP contribution < -0.4 is 0 Å². The van der Waals surface area contributed by atoms with Gasteiger partial charge in [0.2, 0.25) is 0 Å². The molecule has 2 saturated heterocycles. The zero-order chi connectivity index (χ0) is 16.9. The highest BCUT2D eigenvalue weighted by molar-refractivity contribution is 6.01. The normalized spacial score (nSPS) is 25.9. The molecule has 4 rings (SSSR count). The highest BCUT2D eigenvalue weighted by atomic mass is 16.5. The Labute approximate surface area is 139 Å². The van der Waals surface area contributed by atoms with Gasteiger partial charge in [-0.1, -0.05) is 6.07 Å². The zero-order valence-electron chi connectivity index (χ0n) is 13.7. The Bertz CT molecular complexity index is 830. The van der Waals surface area contributed by atoms with E-state index >= 15 is 0 Å². The zero-order valence-corrected chi connectivity index (χ0v) is 13.7. The molecule has 2 fully saturated rings. The van der Waals surface area contributed by atoms with Gasteiger partial charge < -0.3 is 14.4 Å². The van der Waals surface area contributed by atoms with E-state index in [9.17, 15) is 9.59 Å². The number of aromatic nitrogens is 2. The second kappa shape index (κ2) is 5.31. The van der Waals surface area contributed by atoms with Crippen LogP contribution in [0.15, 0.2) is 24.5 Å². The second-order valence-corrected chi connectivity index (χ2v) is 6.64. The summed E-state index contributed by atoms with van der Waals surface area (Å²) in [5.41, 5.74) is 1.66. The summed E-state index contributed by atoms with van der Waals surface area (Å²) >= 11 is 0. The van der Waals surface area contributed by atoms with Crippen LogP contribution in [0, 0.1) is 18.3 Å². The molecule has 0 unspecified atom stereocenters. The van der Waals surface area contributed by atoms with Crippen LogP contribution in [0.3, 0.4) is 0 Å². The van der Waals surface area contributed by atoms with Crippen LogP contribution in [0.2, 0.25) is 0 Å². The Morgan fingerprint density at radius 1 is 1.42 bits per heavy atom. The first-order valence-electron chi connectivity index (χ1n) is 7.94. The van der Waals surface area contributed by atoms with E-state index in [0.29, 0.717) is 31.9 Å². The predicted molar refractivity (Wildman–Crippen MR) is 84.6 cm³/mol. The number of esters is 1. The molecule has 24 heavy (non-hydrogen) atoms. The summed E-state index contributed by atoms with van der Waals surface area (Å²) in [6.45, 7) is 3.59. The van der Waals surface area contributed by atoms with Gasteiger partial charge in [-0.05, 0) is 18.6 Å². The minimum Gasteiger partial charge on any atom is -0.468 e. The third-order valence-corrected chi connectivity index (χ3v) is 5.15. The third-order valence-electron chi connectivity index (χ3n) is 5.15. The monoisotopic (exact) mass is 329 g/mol. The van der Waals surface area contributed by atoms with E-state index in [2.05, 4.69) is 5.10 Å². The van der Waals surface area contributed by atoms with Gasteiger partial charge in [-0.25, -0.2) is 4.52 Å². The molecule has 2 aromatic rings. The van der Waals surface area contributed by atoms with Crippen molar-refractivity contribution >= 4 is 17.4 Å². The molecule has 0 radical (unpaired) electrons. The number of likely N-dealkylation sites (tertiary alicyclic amines) is 1. The van der Waals surface area contributed by atoms with Gasteiger partial charge in [-0.15, -0.1) is 0 Å². The van der Waals surface area contributed by atoms with E-state index in [1.165, 1.54) is 7.11 Å². The Kier molecular flexibility index (Phi) is 3.35. The fourth-order valence-electron chi connectivity index (χ4n) is 3.80. The number of hydrogen-bond acceptors (Lipinski definition) is 5. The summed E-state index contributed by atoms with van der Waals surface area (Å²) in [6, 6.07) is 3.85. The maximum Gasteiger partial charge on any atom is 0.316 e. The maximum absolute atomic E-state index is 13.0. The van der Waals surface area contributed by atoms with Crippen molar-refractivity contribution in [2.24, 2.45) is 11.3 Å². The van der Waals surface area contributed by atoms with E-state index in [1.807, 2.05) is 25.3 Å². The minimum absolute atomic E-state index is 0.0158. The first-order valence-corrected chi connectivity index (χ1v) is 7.94. The van der Waals surface area contributed by atoms with Crippen LogP contribution >= 0.6 is 0 Å². The summed E-state index contributed by atoms with van der Waals surface area (Å²) < 4.78 is 12.2. The number of carbonyl (C=O) groups excluding carboxylic acids is 2. The Hall–Kier alpha value is -2.41. The molecule has 7 heteroatoms. The maximum atomic E-state index is 13.0. The number of fused-ring (bicyclic) bond motifs is 2. The molecular formula is C17H19N3O4. The molecule has 1 amide bonds. The van der Waals surface area contributed by atoms with Crippen LogP contribution in [0.1, 0.15) is 15.9 Å². The van der Waals surface area contributed by atoms with E-state index in [1.54, 1.807) is 15.6 Å². The number of pyridine rings is 1. The van der Waals surface area contributed by atoms with Crippen molar-refractivity contribution < 1.29 is 19.1 Å². The number of aryl methyl sites for hydroxylation is 1. The fraction of sp³-hybridized carbons (Fsp3) is 0.471. The number of ether oxygens (including phenoxy) is 2. The molecular weight excluding hydrogens is 310 g/mol. The molecule has 2 aromatic heterocycles. The van der Waals surface area contributed by atoms with Crippen molar-refractivity contribution in [3.63, 3.8) is 0 Å². The van der Waals surface area contributed by atoms with E-state index in [4.69, 9.17) is 9.47 Å². The molecule has 0 bridgehead atoms. The lowest BCUT2D eigenvalue weighted by Crippen LogP contribution is -2.41. The molecule has 2 atom stereocenters. The standard InChI is InChI=1S/C17H19N3O4/c1-11-3-4-14-13(5-18-20(14)6-11)15(21)19-7-12-8-24-10-17(12,9-19)16(22)23-2/h3-6,12H,7-10H2,1-2H3/t12-,17-/m0/s1. The van der Waals surface area contributed by atoms with Crippen LogP contribution in [-0.4, -0.2) is 59.8 Å². The van der Waals surface area contributed by atoms with Crippen molar-refractivity contribution in [1.29, 1.82) is 0 Å². The van der Waals surface area contributed by atoms with Crippen LogP contribution in [0.5, 0.6) is 0 Å². The molecule has 7 nitrogen and oxygen atoms in total. The van der Waals surface area contributed by atoms with Gasteiger partial charge in [0.05, 0.1) is 37.6 Å². The summed E-state index contributed by atoms with van der Waals surface area (Å²) in [5.74, 6) is -0.416. The molecule has 0 aliphatic carbocycles. The number of methoxy groups -OCH3 is 1. The fourth-order valence-corrected chi connectivity index (χ4v) is 3.80. The molecule has 4 heterocycles. The van der Waals surface area contributed by atoms with Gasteiger partial charge in [-0.3, -0.25) is 9.59 Å². The van der Waals surface area contributed by atoms with Gasteiger partial charge >= 0.3 is 5.97 Å².